The van der Waals surface area contributed by atoms with Gasteiger partial charge in [0.1, 0.15) is 5.82 Å². The zero-order valence-electron chi connectivity index (χ0n) is 16.6. The highest BCUT2D eigenvalue weighted by molar-refractivity contribution is 7.98. The monoisotopic (exact) mass is 437 g/mol. The van der Waals surface area contributed by atoms with Crippen LogP contribution in [-0.4, -0.2) is 37.8 Å². The average molecular weight is 437 g/mol. The van der Waals surface area contributed by atoms with Crippen molar-refractivity contribution >= 4 is 28.6 Å². The molecule has 0 saturated carbocycles. The highest BCUT2D eigenvalue weighted by Crippen LogP contribution is 2.19. The van der Waals surface area contributed by atoms with Crippen molar-refractivity contribution in [2.45, 2.75) is 23.9 Å². The van der Waals surface area contributed by atoms with Crippen molar-refractivity contribution in [3.8, 4) is 0 Å². The molecule has 0 aliphatic heterocycles. The number of hydrogen-bond acceptors (Lipinski definition) is 7. The lowest BCUT2D eigenvalue weighted by atomic mass is 10.1. The van der Waals surface area contributed by atoms with E-state index in [0.29, 0.717) is 46.2 Å². The van der Waals surface area contributed by atoms with Crippen LogP contribution in [0.5, 0.6) is 0 Å². The molecule has 0 fully saturated rings. The van der Waals surface area contributed by atoms with Crippen molar-refractivity contribution in [1.29, 1.82) is 0 Å². The first-order valence-electron chi connectivity index (χ1n) is 9.48. The average Bonchev–Trinajstić information content (AvgIpc) is 3.15. The number of aromatic nitrogens is 5. The summed E-state index contributed by atoms with van der Waals surface area (Å²) in [5, 5.41) is 7.44. The molecule has 10 heteroatoms. The summed E-state index contributed by atoms with van der Waals surface area (Å²) in [5.74, 6) is 0.205. The normalized spacial score (nSPS) is 11.0. The lowest BCUT2D eigenvalue weighted by Crippen LogP contribution is -2.19. The van der Waals surface area contributed by atoms with Crippen LogP contribution in [0.2, 0.25) is 0 Å². The van der Waals surface area contributed by atoms with E-state index in [1.54, 1.807) is 10.6 Å². The van der Waals surface area contributed by atoms with Gasteiger partial charge in [0.25, 0.3) is 5.56 Å². The Morgan fingerprint density at radius 3 is 2.74 bits per heavy atom. The number of methoxy groups -OCH3 is 1. The van der Waals surface area contributed by atoms with Gasteiger partial charge in [-0.25, -0.2) is 19.7 Å². The van der Waals surface area contributed by atoms with Gasteiger partial charge in [0, 0.05) is 6.54 Å². The van der Waals surface area contributed by atoms with Gasteiger partial charge in [-0.2, -0.15) is 0 Å². The van der Waals surface area contributed by atoms with Gasteiger partial charge in [-0.1, -0.05) is 42.1 Å². The quantitative estimate of drug-likeness (QED) is 0.335. The molecule has 0 aliphatic rings. The summed E-state index contributed by atoms with van der Waals surface area (Å²) in [4.78, 5) is 43.5. The second-order valence-electron chi connectivity index (χ2n) is 6.72. The number of nitrogens with one attached hydrogen (secondary N) is 2. The number of nitrogens with zero attached hydrogens (tertiary/aromatic N) is 3. The molecular weight excluding hydrogens is 418 g/mol. The maximum absolute atomic E-state index is 12.4. The number of carbonyl (C=O) groups excluding carboxylic acids is 1. The van der Waals surface area contributed by atoms with Crippen molar-refractivity contribution < 1.29 is 9.53 Å². The van der Waals surface area contributed by atoms with Gasteiger partial charge in [0.05, 0.1) is 29.3 Å². The van der Waals surface area contributed by atoms with Crippen LogP contribution in [0.15, 0.2) is 63.3 Å². The summed E-state index contributed by atoms with van der Waals surface area (Å²) >= 11 is 1.28. The number of H-pyrrole nitrogens is 2. The first-order chi connectivity index (χ1) is 15.0. The molecule has 4 rings (SSSR count). The van der Waals surface area contributed by atoms with E-state index in [9.17, 15) is 14.4 Å². The largest absolute Gasteiger partial charge is 0.465 e. The number of aryl methyl sites for hydroxylation is 1. The van der Waals surface area contributed by atoms with E-state index in [2.05, 4.69) is 20.2 Å². The first-order valence-corrected chi connectivity index (χ1v) is 10.5. The van der Waals surface area contributed by atoms with Crippen LogP contribution in [0.1, 0.15) is 21.7 Å². The lowest BCUT2D eigenvalue weighted by Gasteiger charge is -2.07. The Kier molecular flexibility index (Phi) is 5.99. The van der Waals surface area contributed by atoms with Crippen LogP contribution in [-0.2, 0) is 23.5 Å². The van der Waals surface area contributed by atoms with E-state index < -0.39 is 5.97 Å². The third-order valence-corrected chi connectivity index (χ3v) is 5.69. The molecule has 9 nitrogen and oxygen atoms in total. The molecular formula is C21H19N5O4S. The molecule has 0 bridgehead atoms. The molecule has 0 atom stereocenters. The Labute approximate surface area is 180 Å². The zero-order chi connectivity index (χ0) is 21.8. The van der Waals surface area contributed by atoms with Gasteiger partial charge < -0.3 is 9.72 Å². The maximum Gasteiger partial charge on any atom is 0.343 e. The minimum Gasteiger partial charge on any atom is -0.465 e. The van der Waals surface area contributed by atoms with E-state index in [0.717, 1.165) is 5.56 Å². The molecule has 2 heterocycles. The Morgan fingerprint density at radius 2 is 1.97 bits per heavy atom. The fraction of sp³-hybridized carbons (Fsp3) is 0.190. The predicted octanol–water partition coefficient (Wildman–Crippen LogP) is 2.13. The number of aromatic amines is 2. The summed E-state index contributed by atoms with van der Waals surface area (Å²) in [5.41, 5.74) is 1.23. The molecule has 0 amide bonds. The zero-order valence-corrected chi connectivity index (χ0v) is 17.4. The summed E-state index contributed by atoms with van der Waals surface area (Å²) in [6, 6.07) is 14.4. The number of esters is 1. The fourth-order valence-corrected chi connectivity index (χ4v) is 3.97. The molecule has 2 aromatic heterocycles. The molecule has 0 saturated heterocycles. The Hall–Kier alpha value is -3.66. The third kappa shape index (κ3) is 4.58. The number of ether oxygens (including phenoxy) is 1. The molecule has 0 aliphatic carbocycles. The molecule has 158 valence electrons. The van der Waals surface area contributed by atoms with E-state index in [4.69, 9.17) is 4.74 Å². The number of fused-ring (bicyclic) bond motifs is 1. The summed E-state index contributed by atoms with van der Waals surface area (Å²) < 4.78 is 6.28. The lowest BCUT2D eigenvalue weighted by molar-refractivity contribution is 0.0601. The molecule has 0 radical (unpaired) electrons. The highest BCUT2D eigenvalue weighted by Gasteiger charge is 2.13. The molecule has 4 aromatic rings. The number of benzene rings is 2. The van der Waals surface area contributed by atoms with Crippen molar-refractivity contribution in [2.75, 3.05) is 7.11 Å². The number of carbonyl (C=O) groups is 1. The summed E-state index contributed by atoms with van der Waals surface area (Å²) in [6.45, 7) is 0.478. The Balaban J connectivity index is 1.53. The number of rotatable bonds is 7. The van der Waals surface area contributed by atoms with E-state index in [1.165, 1.54) is 31.0 Å². The van der Waals surface area contributed by atoms with Crippen LogP contribution < -0.4 is 11.2 Å². The molecule has 0 spiro atoms. The fourth-order valence-electron chi connectivity index (χ4n) is 3.13. The molecule has 2 N–H and O–H groups in total. The van der Waals surface area contributed by atoms with Gasteiger partial charge in [0.15, 0.2) is 5.16 Å². The molecule has 2 aromatic carbocycles. The van der Waals surface area contributed by atoms with E-state index >= 15 is 0 Å². The standard InChI is InChI=1S/C21H19N5O4S/c1-30-19(28)14-7-8-15-16(11-14)22-17(23-18(15)27)12-31-21-25-24-20(29)26(21)10-9-13-5-3-2-4-6-13/h2-8,11H,9-10,12H2,1H3,(H,24,29)(H,22,23,27). The predicted molar refractivity (Wildman–Crippen MR) is 116 cm³/mol. The van der Waals surface area contributed by atoms with Gasteiger partial charge in [-0.3, -0.25) is 9.36 Å². The topological polar surface area (TPSA) is 123 Å². The van der Waals surface area contributed by atoms with Crippen molar-refractivity contribution in [3.63, 3.8) is 0 Å². The Morgan fingerprint density at radius 1 is 1.16 bits per heavy atom. The minimum absolute atomic E-state index is 0.291. The van der Waals surface area contributed by atoms with Crippen LogP contribution >= 0.6 is 11.8 Å². The van der Waals surface area contributed by atoms with Crippen LogP contribution in [0, 0.1) is 0 Å². The van der Waals surface area contributed by atoms with Crippen LogP contribution in [0.25, 0.3) is 10.9 Å². The maximum atomic E-state index is 12.4. The van der Waals surface area contributed by atoms with E-state index in [1.807, 2.05) is 30.3 Å². The molecule has 31 heavy (non-hydrogen) atoms. The van der Waals surface area contributed by atoms with Crippen molar-refractivity contribution in [1.82, 2.24) is 24.7 Å². The molecule has 0 unspecified atom stereocenters. The van der Waals surface area contributed by atoms with Crippen LogP contribution in [0.3, 0.4) is 0 Å². The highest BCUT2D eigenvalue weighted by atomic mass is 32.2. The minimum atomic E-state index is -0.501. The van der Waals surface area contributed by atoms with Gasteiger partial charge >= 0.3 is 11.7 Å². The summed E-state index contributed by atoms with van der Waals surface area (Å²) in [7, 11) is 1.29. The van der Waals surface area contributed by atoms with E-state index in [-0.39, 0.29) is 11.2 Å². The second kappa shape index (κ2) is 9.00. The van der Waals surface area contributed by atoms with Crippen molar-refractivity contribution in [2.24, 2.45) is 0 Å². The summed E-state index contributed by atoms with van der Waals surface area (Å²) in [6.07, 6.45) is 0.690. The Bertz CT molecular complexity index is 1340. The van der Waals surface area contributed by atoms with Gasteiger partial charge in [-0.05, 0) is 30.2 Å². The first kappa shape index (κ1) is 20.6. The van der Waals surface area contributed by atoms with Crippen molar-refractivity contribution in [3.05, 3.63) is 86.3 Å². The number of thioether (sulfide) groups is 1. The van der Waals surface area contributed by atoms with Gasteiger partial charge in [-0.15, -0.1) is 5.10 Å². The SMILES string of the molecule is COC(=O)c1ccc2c(=O)[nH]c(CSc3n[nH]c(=O)n3CCc3ccccc3)nc2c1. The number of hydrogen-bond donors (Lipinski definition) is 2. The third-order valence-electron chi connectivity index (χ3n) is 4.70. The van der Waals surface area contributed by atoms with Crippen LogP contribution in [0.4, 0.5) is 0 Å². The van der Waals surface area contributed by atoms with Gasteiger partial charge in [0.2, 0.25) is 0 Å². The smallest absolute Gasteiger partial charge is 0.343 e. The second-order valence-corrected chi connectivity index (χ2v) is 7.67.